The summed E-state index contributed by atoms with van der Waals surface area (Å²) in [5, 5.41) is 20.5. The first-order valence-corrected chi connectivity index (χ1v) is 14.3. The predicted octanol–water partition coefficient (Wildman–Crippen LogP) is 3.17. The highest BCUT2D eigenvalue weighted by Crippen LogP contribution is 2.49. The maximum absolute atomic E-state index is 12.4. The van der Waals surface area contributed by atoms with Crippen LogP contribution in [-0.4, -0.2) is 106 Å². The third-order valence-electron chi connectivity index (χ3n) is 6.74. The van der Waals surface area contributed by atoms with Crippen LogP contribution in [0.3, 0.4) is 0 Å². The fraction of sp³-hybridized carbons (Fsp3) is 0.917. The molecular formula is C24H41BN3O10P. The first-order chi connectivity index (χ1) is 18.5. The van der Waals surface area contributed by atoms with Crippen molar-refractivity contribution in [3.05, 3.63) is 10.1 Å². The average Bonchev–Trinajstić information content (AvgIpc) is 3.23. The molecular weight excluding hydrogens is 532 g/mol. The summed E-state index contributed by atoms with van der Waals surface area (Å²) in [7, 11) is 7.47. The summed E-state index contributed by atoms with van der Waals surface area (Å²) in [6.07, 6.45) is -1.87. The number of carbonyl (C=O) groups excluding carboxylic acids is 1. The molecule has 2 fully saturated rings. The summed E-state index contributed by atoms with van der Waals surface area (Å²) in [5.41, 5.74) is 0. The molecule has 1 saturated carbocycles. The number of nitrogens with zero attached hydrogens (tertiary/aromatic N) is 3. The van der Waals surface area contributed by atoms with Crippen molar-refractivity contribution in [3.8, 4) is 6.07 Å². The van der Waals surface area contributed by atoms with Crippen LogP contribution in [0.2, 0.25) is 0 Å². The van der Waals surface area contributed by atoms with Gasteiger partial charge in [-0.05, 0) is 40.5 Å². The Bertz CT molecular complexity index is 812. The Morgan fingerprint density at radius 3 is 2.28 bits per heavy atom. The number of rotatable bonds is 15. The van der Waals surface area contributed by atoms with Gasteiger partial charge in [0.15, 0.2) is 0 Å². The molecule has 1 aliphatic carbocycles. The van der Waals surface area contributed by atoms with Gasteiger partial charge in [0.1, 0.15) is 27.2 Å². The summed E-state index contributed by atoms with van der Waals surface area (Å²) in [6.45, 7) is 7.95. The monoisotopic (exact) mass is 573 g/mol. The van der Waals surface area contributed by atoms with Crippen molar-refractivity contribution in [2.75, 3.05) is 34.0 Å². The number of carbonyl (C=O) groups is 1. The second-order valence-electron chi connectivity index (χ2n) is 10.1. The molecule has 0 aromatic rings. The van der Waals surface area contributed by atoms with Gasteiger partial charge in [0.05, 0.1) is 43.3 Å². The molecule has 15 heteroatoms. The Morgan fingerprint density at radius 1 is 1.10 bits per heavy atom. The van der Waals surface area contributed by atoms with Crippen LogP contribution in [0.5, 0.6) is 0 Å². The minimum atomic E-state index is -1.55. The number of hydrogen-bond acceptors (Lipinski definition) is 12. The molecule has 8 unspecified atom stereocenters. The van der Waals surface area contributed by atoms with Gasteiger partial charge in [0, 0.05) is 43.7 Å². The van der Waals surface area contributed by atoms with E-state index >= 15 is 0 Å². The molecule has 39 heavy (non-hydrogen) atoms. The summed E-state index contributed by atoms with van der Waals surface area (Å²) in [6, 6.07) is 0.725. The van der Waals surface area contributed by atoms with E-state index in [0.717, 1.165) is 0 Å². The van der Waals surface area contributed by atoms with Crippen LogP contribution in [0, 0.1) is 27.4 Å². The lowest BCUT2D eigenvalue weighted by molar-refractivity contribution is -0.540. The molecule has 220 valence electrons. The zero-order chi connectivity index (χ0) is 29.1. The standard InChI is InChI=1S/C24H41BN3O10P/c1-15(2)27(16(3)4)39(36-9-7-8-26)38-21-12-23(25)37-22(21)14-35-24(29)34-13-17-10-19(32-5)20(33-6)11-18(17)28(30)31/h15-23H,7,9-14H2,1-6H3. The van der Waals surface area contributed by atoms with Gasteiger partial charge >= 0.3 is 6.16 Å². The normalized spacial score (nSPS) is 29.9. The molecule has 0 N–H and O–H groups in total. The van der Waals surface area contributed by atoms with Crippen LogP contribution < -0.4 is 0 Å². The lowest BCUT2D eigenvalue weighted by Crippen LogP contribution is -2.48. The van der Waals surface area contributed by atoms with Crippen molar-refractivity contribution in [3.63, 3.8) is 0 Å². The Morgan fingerprint density at radius 2 is 1.72 bits per heavy atom. The molecule has 1 aliphatic heterocycles. The SMILES string of the molecule is [B]C1CC(OP(OCCC#N)N(C(C)C)C(C)C)C(COC(=O)OCC2CC(OC)C(OC)CC2[N+](=O)[O-])O1. The number of nitriles is 1. The maximum Gasteiger partial charge on any atom is 0.508 e. The third kappa shape index (κ3) is 10.1. The first kappa shape index (κ1) is 33.6. The molecule has 0 aromatic carbocycles. The molecule has 0 spiro atoms. The first-order valence-electron chi connectivity index (χ1n) is 13.2. The quantitative estimate of drug-likeness (QED) is 0.0707. The Labute approximate surface area is 233 Å². The van der Waals surface area contributed by atoms with E-state index in [-0.39, 0.29) is 55.8 Å². The van der Waals surface area contributed by atoms with Gasteiger partial charge in [-0.2, -0.15) is 5.26 Å². The minimum absolute atomic E-state index is 0.110. The third-order valence-corrected chi connectivity index (χ3v) is 8.90. The number of hydrogen-bond donors (Lipinski definition) is 0. The lowest BCUT2D eigenvalue weighted by Gasteiger charge is -2.37. The largest absolute Gasteiger partial charge is 0.508 e. The van der Waals surface area contributed by atoms with E-state index in [0.29, 0.717) is 12.8 Å². The highest BCUT2D eigenvalue weighted by atomic mass is 31.2. The summed E-state index contributed by atoms with van der Waals surface area (Å²) >= 11 is 0. The molecule has 0 amide bonds. The van der Waals surface area contributed by atoms with Crippen LogP contribution in [0.1, 0.15) is 53.4 Å². The van der Waals surface area contributed by atoms with Crippen LogP contribution in [0.15, 0.2) is 0 Å². The van der Waals surface area contributed by atoms with Gasteiger partial charge in [-0.3, -0.25) is 10.1 Å². The van der Waals surface area contributed by atoms with Crippen molar-refractivity contribution in [2.45, 2.75) is 102 Å². The molecule has 2 rings (SSSR count). The van der Waals surface area contributed by atoms with E-state index in [1.165, 1.54) is 14.2 Å². The maximum atomic E-state index is 12.4. The van der Waals surface area contributed by atoms with E-state index in [1.807, 2.05) is 27.7 Å². The Kier molecular flexibility index (Phi) is 14.3. The lowest BCUT2D eigenvalue weighted by atomic mass is 9.81. The fourth-order valence-corrected chi connectivity index (χ4v) is 6.66. The second-order valence-corrected chi connectivity index (χ2v) is 11.6. The topological polar surface area (TPSA) is 152 Å². The molecule has 2 aliphatic rings. The van der Waals surface area contributed by atoms with Crippen molar-refractivity contribution >= 4 is 22.5 Å². The number of nitro groups is 1. The van der Waals surface area contributed by atoms with Crippen molar-refractivity contribution in [2.24, 2.45) is 5.92 Å². The molecule has 8 atom stereocenters. The average molecular weight is 573 g/mol. The zero-order valence-corrected chi connectivity index (χ0v) is 24.5. The molecule has 13 nitrogen and oxygen atoms in total. The van der Waals surface area contributed by atoms with Gasteiger partial charge in [0.25, 0.3) is 8.53 Å². The van der Waals surface area contributed by atoms with Gasteiger partial charge < -0.3 is 32.7 Å². The van der Waals surface area contributed by atoms with Gasteiger partial charge in [-0.25, -0.2) is 9.46 Å². The Hall–Kier alpha value is -1.59. The molecule has 0 bridgehead atoms. The van der Waals surface area contributed by atoms with E-state index < -0.39 is 51.0 Å². The van der Waals surface area contributed by atoms with Crippen LogP contribution in [-0.2, 0) is 32.7 Å². The van der Waals surface area contributed by atoms with Crippen molar-refractivity contribution < 1.29 is 42.4 Å². The molecule has 0 aromatic heterocycles. The van der Waals surface area contributed by atoms with Crippen molar-refractivity contribution in [1.29, 1.82) is 5.26 Å². The molecule has 1 saturated heterocycles. The summed E-state index contributed by atoms with van der Waals surface area (Å²) < 4.78 is 41.4. The second kappa shape index (κ2) is 16.6. The number of methoxy groups -OCH3 is 2. The molecule has 1 heterocycles. The highest BCUT2D eigenvalue weighted by molar-refractivity contribution is 7.44. The van der Waals surface area contributed by atoms with E-state index in [9.17, 15) is 14.9 Å². The van der Waals surface area contributed by atoms with Gasteiger partial charge in [-0.1, -0.05) is 0 Å². The van der Waals surface area contributed by atoms with E-state index in [2.05, 4.69) is 10.7 Å². The van der Waals surface area contributed by atoms with Crippen LogP contribution >= 0.6 is 8.53 Å². The summed E-state index contributed by atoms with van der Waals surface area (Å²) in [4.78, 5) is 23.6. The summed E-state index contributed by atoms with van der Waals surface area (Å²) in [5.74, 6) is -0.552. The van der Waals surface area contributed by atoms with E-state index in [1.54, 1.807) is 0 Å². The van der Waals surface area contributed by atoms with Gasteiger partial charge in [0.2, 0.25) is 6.04 Å². The number of ether oxygens (including phenoxy) is 5. The van der Waals surface area contributed by atoms with Crippen LogP contribution in [0.4, 0.5) is 4.79 Å². The smallest absolute Gasteiger partial charge is 0.434 e. The van der Waals surface area contributed by atoms with E-state index in [4.69, 9.17) is 45.8 Å². The zero-order valence-electron chi connectivity index (χ0n) is 23.6. The Balaban J connectivity index is 1.96. The minimum Gasteiger partial charge on any atom is -0.434 e. The molecule has 2 radical (unpaired) electrons. The van der Waals surface area contributed by atoms with Crippen molar-refractivity contribution in [1.82, 2.24) is 4.67 Å². The van der Waals surface area contributed by atoms with Gasteiger partial charge in [-0.15, -0.1) is 0 Å². The predicted molar refractivity (Wildman–Crippen MR) is 142 cm³/mol. The highest BCUT2D eigenvalue weighted by Gasteiger charge is 2.45. The van der Waals surface area contributed by atoms with Crippen LogP contribution in [0.25, 0.3) is 0 Å². The fourth-order valence-electron chi connectivity index (χ4n) is 4.91.